The lowest BCUT2D eigenvalue weighted by Gasteiger charge is -2.26. The summed E-state index contributed by atoms with van der Waals surface area (Å²) in [6.07, 6.45) is 1.93. The first kappa shape index (κ1) is 21.1. The van der Waals surface area contributed by atoms with Gasteiger partial charge in [0.25, 0.3) is 5.56 Å². The summed E-state index contributed by atoms with van der Waals surface area (Å²) in [5, 5.41) is 3.99. The number of nitrogens with one attached hydrogen (secondary N) is 2. The maximum absolute atomic E-state index is 13.0. The Balaban J connectivity index is 1.57. The number of H-pyrrole nitrogens is 1. The SMILES string of the molecule is Cc1cc(C)c2cc(CN(CC3CCCO3)C(=O)NCc3ccccc3)c(=O)[nH]c2c1. The lowest BCUT2D eigenvalue weighted by molar-refractivity contribution is 0.0793. The van der Waals surface area contributed by atoms with Gasteiger partial charge in [0, 0.05) is 36.2 Å². The molecule has 1 fully saturated rings. The predicted octanol–water partition coefficient (Wildman–Crippen LogP) is 4.04. The number of hydrogen-bond donors (Lipinski definition) is 2. The summed E-state index contributed by atoms with van der Waals surface area (Å²) >= 11 is 0. The highest BCUT2D eigenvalue weighted by Crippen LogP contribution is 2.20. The number of amides is 2. The Bertz CT molecular complexity index is 1120. The van der Waals surface area contributed by atoms with Gasteiger partial charge in [0.05, 0.1) is 12.6 Å². The molecule has 0 aliphatic carbocycles. The minimum absolute atomic E-state index is 0.00593. The Labute approximate surface area is 182 Å². The Hall–Kier alpha value is -3.12. The first-order valence-electron chi connectivity index (χ1n) is 10.8. The van der Waals surface area contributed by atoms with Gasteiger partial charge in [-0.2, -0.15) is 0 Å². The molecule has 1 aromatic heterocycles. The molecule has 1 atom stereocenters. The van der Waals surface area contributed by atoms with Crippen LogP contribution in [0.3, 0.4) is 0 Å². The third-order valence-corrected chi connectivity index (χ3v) is 5.77. The smallest absolute Gasteiger partial charge is 0.318 e. The Morgan fingerprint density at radius 2 is 2.00 bits per heavy atom. The Morgan fingerprint density at radius 3 is 2.74 bits per heavy atom. The van der Waals surface area contributed by atoms with Gasteiger partial charge in [-0.15, -0.1) is 0 Å². The molecule has 31 heavy (non-hydrogen) atoms. The van der Waals surface area contributed by atoms with Gasteiger partial charge < -0.3 is 19.9 Å². The number of benzene rings is 2. The summed E-state index contributed by atoms with van der Waals surface area (Å²) in [7, 11) is 0. The van der Waals surface area contributed by atoms with E-state index >= 15 is 0 Å². The van der Waals surface area contributed by atoms with Gasteiger partial charge in [-0.1, -0.05) is 36.4 Å². The molecule has 2 heterocycles. The molecule has 1 unspecified atom stereocenters. The second-order valence-electron chi connectivity index (χ2n) is 8.33. The highest BCUT2D eigenvalue weighted by molar-refractivity contribution is 5.83. The van der Waals surface area contributed by atoms with E-state index in [4.69, 9.17) is 4.74 Å². The van der Waals surface area contributed by atoms with Crippen LogP contribution in [0, 0.1) is 13.8 Å². The molecule has 3 aromatic rings. The number of pyridine rings is 1. The van der Waals surface area contributed by atoms with E-state index in [1.54, 1.807) is 4.90 Å². The van der Waals surface area contributed by atoms with Crippen LogP contribution in [-0.4, -0.2) is 35.2 Å². The molecule has 1 saturated heterocycles. The second kappa shape index (κ2) is 9.35. The van der Waals surface area contributed by atoms with Crippen LogP contribution in [0.5, 0.6) is 0 Å². The van der Waals surface area contributed by atoms with Gasteiger partial charge in [0.2, 0.25) is 0 Å². The van der Waals surface area contributed by atoms with Crippen LogP contribution >= 0.6 is 0 Å². The standard InChI is InChI=1S/C25H29N3O3/c1-17-11-18(2)22-13-20(24(29)27-23(22)12-17)15-28(16-21-9-6-10-31-21)25(30)26-14-19-7-4-3-5-8-19/h3-5,7-8,11-13,21H,6,9-10,14-16H2,1-2H3,(H,26,30)(H,27,29). The van der Waals surface area contributed by atoms with E-state index in [1.807, 2.05) is 56.3 Å². The molecule has 2 amide bonds. The van der Waals surface area contributed by atoms with E-state index in [1.165, 1.54) is 0 Å². The van der Waals surface area contributed by atoms with Crippen molar-refractivity contribution in [3.8, 4) is 0 Å². The van der Waals surface area contributed by atoms with E-state index in [-0.39, 0.29) is 24.2 Å². The lowest BCUT2D eigenvalue weighted by atomic mass is 10.0. The molecule has 6 heteroatoms. The van der Waals surface area contributed by atoms with Crippen molar-refractivity contribution < 1.29 is 9.53 Å². The molecule has 4 rings (SSSR count). The summed E-state index contributed by atoms with van der Waals surface area (Å²) < 4.78 is 5.76. The average molecular weight is 420 g/mol. The fourth-order valence-corrected chi connectivity index (χ4v) is 4.18. The zero-order chi connectivity index (χ0) is 21.8. The van der Waals surface area contributed by atoms with E-state index < -0.39 is 0 Å². The summed E-state index contributed by atoms with van der Waals surface area (Å²) in [4.78, 5) is 30.5. The van der Waals surface area contributed by atoms with Gasteiger partial charge in [0.15, 0.2) is 0 Å². The first-order chi connectivity index (χ1) is 15.0. The van der Waals surface area contributed by atoms with Crippen molar-refractivity contribution in [2.45, 2.75) is 45.9 Å². The number of ether oxygens (including phenoxy) is 1. The van der Waals surface area contributed by atoms with Crippen molar-refractivity contribution in [2.24, 2.45) is 0 Å². The van der Waals surface area contributed by atoms with Crippen LogP contribution in [-0.2, 0) is 17.8 Å². The second-order valence-corrected chi connectivity index (χ2v) is 8.33. The number of aromatic amines is 1. The van der Waals surface area contributed by atoms with Crippen LogP contribution in [0.1, 0.15) is 35.1 Å². The van der Waals surface area contributed by atoms with Crippen LogP contribution in [0.15, 0.2) is 53.3 Å². The molecule has 0 saturated carbocycles. The van der Waals surface area contributed by atoms with E-state index in [2.05, 4.69) is 16.4 Å². The van der Waals surface area contributed by atoms with E-state index in [9.17, 15) is 9.59 Å². The molecule has 2 aromatic carbocycles. The fourth-order valence-electron chi connectivity index (χ4n) is 4.18. The molecule has 0 bridgehead atoms. The topological polar surface area (TPSA) is 74.4 Å². The maximum Gasteiger partial charge on any atom is 0.318 e. The van der Waals surface area contributed by atoms with Gasteiger partial charge in [-0.05, 0) is 55.5 Å². The average Bonchev–Trinajstić information content (AvgIpc) is 3.26. The first-order valence-corrected chi connectivity index (χ1v) is 10.8. The molecule has 162 valence electrons. The van der Waals surface area contributed by atoms with Crippen molar-refractivity contribution in [3.05, 3.63) is 81.1 Å². The number of carbonyl (C=O) groups is 1. The fraction of sp³-hybridized carbons (Fsp3) is 0.360. The highest BCUT2D eigenvalue weighted by Gasteiger charge is 2.23. The van der Waals surface area contributed by atoms with Gasteiger partial charge in [0.1, 0.15) is 0 Å². The summed E-state index contributed by atoms with van der Waals surface area (Å²) in [5.74, 6) is 0. The normalized spacial score (nSPS) is 15.9. The number of aryl methyl sites for hydroxylation is 2. The largest absolute Gasteiger partial charge is 0.376 e. The van der Waals surface area contributed by atoms with Crippen molar-refractivity contribution in [1.29, 1.82) is 0 Å². The van der Waals surface area contributed by atoms with Crippen molar-refractivity contribution >= 4 is 16.9 Å². The van der Waals surface area contributed by atoms with Crippen molar-refractivity contribution in [3.63, 3.8) is 0 Å². The summed E-state index contributed by atoms with van der Waals surface area (Å²) in [6, 6.07) is 15.6. The molecular weight excluding hydrogens is 390 g/mol. The monoisotopic (exact) mass is 419 g/mol. The molecule has 1 aliphatic rings. The number of fused-ring (bicyclic) bond motifs is 1. The van der Waals surface area contributed by atoms with Gasteiger partial charge in [-0.3, -0.25) is 4.79 Å². The summed E-state index contributed by atoms with van der Waals surface area (Å²) in [6.45, 7) is 5.91. The number of aromatic nitrogens is 1. The number of urea groups is 1. The van der Waals surface area contributed by atoms with Crippen LogP contribution < -0.4 is 10.9 Å². The van der Waals surface area contributed by atoms with Crippen LogP contribution in [0.25, 0.3) is 10.9 Å². The zero-order valence-corrected chi connectivity index (χ0v) is 18.1. The quantitative estimate of drug-likeness (QED) is 0.633. The van der Waals surface area contributed by atoms with Crippen LogP contribution in [0.4, 0.5) is 4.79 Å². The molecule has 0 spiro atoms. The van der Waals surface area contributed by atoms with Gasteiger partial charge in [-0.25, -0.2) is 4.79 Å². The molecule has 0 radical (unpaired) electrons. The Kier molecular flexibility index (Phi) is 6.37. The highest BCUT2D eigenvalue weighted by atomic mass is 16.5. The third kappa shape index (κ3) is 5.14. The molecule has 1 aliphatic heterocycles. The van der Waals surface area contributed by atoms with E-state index in [0.29, 0.717) is 18.7 Å². The third-order valence-electron chi connectivity index (χ3n) is 5.77. The zero-order valence-electron chi connectivity index (χ0n) is 18.1. The maximum atomic E-state index is 13.0. The van der Waals surface area contributed by atoms with Crippen molar-refractivity contribution in [1.82, 2.24) is 15.2 Å². The predicted molar refractivity (Wildman–Crippen MR) is 122 cm³/mol. The minimum atomic E-state index is -0.195. The lowest BCUT2D eigenvalue weighted by Crippen LogP contribution is -2.43. The number of nitrogens with zero attached hydrogens (tertiary/aromatic N) is 1. The van der Waals surface area contributed by atoms with Gasteiger partial charge >= 0.3 is 6.03 Å². The molecule has 2 N–H and O–H groups in total. The molecular formula is C25H29N3O3. The number of rotatable bonds is 6. The molecule has 6 nitrogen and oxygen atoms in total. The minimum Gasteiger partial charge on any atom is -0.376 e. The Morgan fingerprint density at radius 1 is 1.19 bits per heavy atom. The number of carbonyl (C=O) groups excluding carboxylic acids is 1. The van der Waals surface area contributed by atoms with Crippen LogP contribution in [0.2, 0.25) is 0 Å². The summed E-state index contributed by atoms with van der Waals surface area (Å²) in [5.41, 5.74) is 4.48. The van der Waals surface area contributed by atoms with Crippen molar-refractivity contribution in [2.75, 3.05) is 13.2 Å². The number of hydrogen-bond acceptors (Lipinski definition) is 3. The van der Waals surface area contributed by atoms with E-state index in [0.717, 1.165) is 47.0 Å².